The molecule has 0 radical (unpaired) electrons. The van der Waals surface area contributed by atoms with Crippen molar-refractivity contribution in [3.63, 3.8) is 0 Å². The second-order valence-corrected chi connectivity index (χ2v) is 8.28. The van der Waals surface area contributed by atoms with Gasteiger partial charge in [0.2, 0.25) is 5.88 Å². The van der Waals surface area contributed by atoms with Crippen LogP contribution < -0.4 is 15.2 Å². The Morgan fingerprint density at radius 3 is 2.53 bits per heavy atom. The van der Waals surface area contributed by atoms with Gasteiger partial charge >= 0.3 is 5.97 Å². The van der Waals surface area contributed by atoms with Crippen LogP contribution in [0.3, 0.4) is 0 Å². The van der Waals surface area contributed by atoms with Gasteiger partial charge in [-0.1, -0.05) is 13.8 Å². The van der Waals surface area contributed by atoms with Crippen LogP contribution in [0.25, 0.3) is 0 Å². The van der Waals surface area contributed by atoms with Gasteiger partial charge in [0.15, 0.2) is 17.3 Å². The average Bonchev–Trinajstić information content (AvgIpc) is 2.71. The Hall–Kier alpha value is -2.83. The monoisotopic (exact) mass is 417 g/mol. The first-order valence-electron chi connectivity index (χ1n) is 10.1. The number of carbonyl (C=O) groups excluding carboxylic acids is 1. The third-order valence-corrected chi connectivity index (χ3v) is 5.69. The Labute approximate surface area is 177 Å². The first-order chi connectivity index (χ1) is 14.3. The summed E-state index contributed by atoms with van der Waals surface area (Å²) < 4.78 is 27.8. The molecule has 30 heavy (non-hydrogen) atoms. The topological polar surface area (TPSA) is 89.2 Å². The zero-order chi connectivity index (χ0) is 22.1. The van der Waals surface area contributed by atoms with Crippen LogP contribution in [0, 0.1) is 5.41 Å². The fourth-order valence-electron chi connectivity index (χ4n) is 4.26. The second kappa shape index (κ2) is 8.50. The van der Waals surface area contributed by atoms with Crippen LogP contribution >= 0.6 is 0 Å². The van der Waals surface area contributed by atoms with E-state index in [-0.39, 0.29) is 23.8 Å². The fraction of sp³-hybridized carbons (Fsp3) is 0.522. The number of carbonyl (C=O) groups is 1. The number of allylic oxidation sites excluding steroid dienone is 2. The van der Waals surface area contributed by atoms with Crippen LogP contribution in [0.4, 0.5) is 0 Å². The van der Waals surface area contributed by atoms with Crippen LogP contribution in [0.2, 0.25) is 0 Å². The molecule has 2 aliphatic rings. The van der Waals surface area contributed by atoms with Crippen LogP contribution in [-0.2, 0) is 14.2 Å². The molecule has 0 bridgehead atoms. The predicted molar refractivity (Wildman–Crippen MR) is 112 cm³/mol. The lowest BCUT2D eigenvalue weighted by Crippen LogP contribution is -2.29. The van der Waals surface area contributed by atoms with Gasteiger partial charge in [-0.25, -0.2) is 4.79 Å². The van der Waals surface area contributed by atoms with Crippen molar-refractivity contribution in [2.24, 2.45) is 11.1 Å². The zero-order valence-corrected chi connectivity index (χ0v) is 18.6. The summed E-state index contributed by atoms with van der Waals surface area (Å²) in [4.78, 5) is 12.7. The molecule has 3 rings (SSSR count). The maximum Gasteiger partial charge on any atom is 0.342 e. The molecule has 0 spiro atoms. The summed E-state index contributed by atoms with van der Waals surface area (Å²) in [6.07, 6.45) is 2.64. The Morgan fingerprint density at radius 2 is 1.93 bits per heavy atom. The van der Waals surface area contributed by atoms with E-state index < -0.39 is 5.97 Å². The molecule has 7 nitrogen and oxygen atoms in total. The molecule has 0 aromatic heterocycles. The van der Waals surface area contributed by atoms with Crippen LogP contribution in [0.1, 0.15) is 61.9 Å². The van der Waals surface area contributed by atoms with Gasteiger partial charge in [-0.05, 0) is 48.4 Å². The van der Waals surface area contributed by atoms with Crippen LogP contribution in [0.5, 0.6) is 11.5 Å². The van der Waals surface area contributed by atoms with Gasteiger partial charge in [0.1, 0.15) is 11.3 Å². The van der Waals surface area contributed by atoms with E-state index >= 15 is 0 Å². The molecule has 1 atom stereocenters. The molecule has 2 N–H and O–H groups in total. The first-order valence-corrected chi connectivity index (χ1v) is 10.1. The van der Waals surface area contributed by atoms with Crippen LogP contribution in [0.15, 0.2) is 35.1 Å². The van der Waals surface area contributed by atoms with E-state index in [0.29, 0.717) is 22.8 Å². The molecule has 1 aromatic carbocycles. The minimum absolute atomic E-state index is 0.117. The van der Waals surface area contributed by atoms with E-state index in [4.69, 9.17) is 29.4 Å². The summed E-state index contributed by atoms with van der Waals surface area (Å²) in [6, 6.07) is 3.63. The fourth-order valence-corrected chi connectivity index (χ4v) is 4.26. The standard InChI is InChI=1S/C23H31NO6/c1-7-29-22(25)14-10-13(11-17(26-4)19(14)27-5)18-15-12-23(2,3)9-8-16(15)30-21(24)20(18)28-6/h10-11,18H,7-9,12,24H2,1-6H3. The predicted octanol–water partition coefficient (Wildman–Crippen LogP) is 4.23. The molecule has 7 heteroatoms. The molecule has 164 valence electrons. The molecule has 0 amide bonds. The van der Waals surface area contributed by atoms with E-state index in [1.165, 1.54) is 14.2 Å². The smallest absolute Gasteiger partial charge is 0.342 e. The molecular weight excluding hydrogens is 386 g/mol. The van der Waals surface area contributed by atoms with Gasteiger partial charge in [0, 0.05) is 6.42 Å². The molecule has 0 fully saturated rings. The maximum atomic E-state index is 12.7. The van der Waals surface area contributed by atoms with Crippen molar-refractivity contribution in [3.05, 3.63) is 46.2 Å². The minimum atomic E-state index is -0.476. The van der Waals surface area contributed by atoms with Gasteiger partial charge in [0.25, 0.3) is 0 Å². The van der Waals surface area contributed by atoms with E-state index in [9.17, 15) is 4.79 Å². The molecule has 1 aliphatic heterocycles. The lowest BCUT2D eigenvalue weighted by molar-refractivity contribution is 0.0521. The van der Waals surface area contributed by atoms with Gasteiger partial charge in [0.05, 0.1) is 33.9 Å². The van der Waals surface area contributed by atoms with E-state index in [1.54, 1.807) is 20.1 Å². The number of rotatable bonds is 6. The summed E-state index contributed by atoms with van der Waals surface area (Å²) in [5.41, 5.74) is 8.55. The van der Waals surface area contributed by atoms with Crippen LogP contribution in [-0.4, -0.2) is 33.9 Å². The summed E-state index contributed by atoms with van der Waals surface area (Å²) in [5, 5.41) is 0. The van der Waals surface area contributed by atoms with Crippen molar-refractivity contribution in [2.45, 2.75) is 46.0 Å². The highest BCUT2D eigenvalue weighted by atomic mass is 16.5. The van der Waals surface area contributed by atoms with E-state index in [2.05, 4.69) is 13.8 Å². The molecule has 0 saturated carbocycles. The number of ether oxygens (including phenoxy) is 5. The van der Waals surface area contributed by atoms with Crippen molar-refractivity contribution >= 4 is 5.97 Å². The highest BCUT2D eigenvalue weighted by Crippen LogP contribution is 2.51. The SMILES string of the molecule is CCOC(=O)c1cc(C2C3=C(CCC(C)(C)C3)OC(N)=C2OC)cc(OC)c1OC. The Morgan fingerprint density at radius 1 is 1.20 bits per heavy atom. The first kappa shape index (κ1) is 21.9. The number of esters is 1. The lowest BCUT2D eigenvalue weighted by Gasteiger charge is -2.39. The largest absolute Gasteiger partial charge is 0.495 e. The third kappa shape index (κ3) is 3.93. The Kier molecular flexibility index (Phi) is 6.19. The number of hydrogen-bond donors (Lipinski definition) is 1. The van der Waals surface area contributed by atoms with Crippen molar-refractivity contribution < 1.29 is 28.5 Å². The molecule has 0 saturated heterocycles. The average molecular weight is 418 g/mol. The second-order valence-electron chi connectivity index (χ2n) is 8.28. The molecule has 1 unspecified atom stereocenters. The number of hydrogen-bond acceptors (Lipinski definition) is 7. The van der Waals surface area contributed by atoms with Crippen molar-refractivity contribution in [1.82, 2.24) is 0 Å². The normalized spacial score (nSPS) is 20.3. The quantitative estimate of drug-likeness (QED) is 0.693. The van der Waals surface area contributed by atoms with Crippen molar-refractivity contribution in [3.8, 4) is 11.5 Å². The van der Waals surface area contributed by atoms with Gasteiger partial charge in [-0.15, -0.1) is 0 Å². The van der Waals surface area contributed by atoms with E-state index in [0.717, 1.165) is 36.2 Å². The third-order valence-electron chi connectivity index (χ3n) is 5.69. The number of nitrogens with two attached hydrogens (primary N) is 1. The van der Waals surface area contributed by atoms with Gasteiger partial charge < -0.3 is 29.4 Å². The lowest BCUT2D eigenvalue weighted by atomic mass is 9.70. The summed E-state index contributed by atoms with van der Waals surface area (Å²) >= 11 is 0. The molecule has 1 heterocycles. The minimum Gasteiger partial charge on any atom is -0.495 e. The molecule has 1 aliphatic carbocycles. The summed E-state index contributed by atoms with van der Waals surface area (Å²) in [5.74, 6) is 1.66. The Balaban J connectivity index is 2.21. The zero-order valence-electron chi connectivity index (χ0n) is 18.6. The summed E-state index contributed by atoms with van der Waals surface area (Å²) in [6.45, 7) is 6.49. The van der Waals surface area contributed by atoms with Crippen molar-refractivity contribution in [1.29, 1.82) is 0 Å². The summed E-state index contributed by atoms with van der Waals surface area (Å²) in [7, 11) is 4.61. The molecule has 1 aromatic rings. The highest BCUT2D eigenvalue weighted by Gasteiger charge is 2.40. The number of benzene rings is 1. The molecular formula is C23H31NO6. The maximum absolute atomic E-state index is 12.7. The van der Waals surface area contributed by atoms with Crippen molar-refractivity contribution in [2.75, 3.05) is 27.9 Å². The highest BCUT2D eigenvalue weighted by molar-refractivity contribution is 5.94. The van der Waals surface area contributed by atoms with Gasteiger partial charge in [-0.2, -0.15) is 0 Å². The Bertz CT molecular complexity index is 899. The van der Waals surface area contributed by atoms with Gasteiger partial charge in [-0.3, -0.25) is 0 Å². The van der Waals surface area contributed by atoms with E-state index in [1.807, 2.05) is 6.07 Å². The number of methoxy groups -OCH3 is 3.